The molecule has 110 valence electrons. The van der Waals surface area contributed by atoms with Crippen LogP contribution in [0.3, 0.4) is 0 Å². The first-order chi connectivity index (χ1) is 9.63. The minimum absolute atomic E-state index is 0.00729. The molecular weight excluding hydrogens is 258 g/mol. The van der Waals surface area contributed by atoms with Crippen LogP contribution >= 0.6 is 0 Å². The molecule has 1 saturated carbocycles. The standard InChI is InChI=1S/C14H21N3O3/c1-2-20-13-9-5-8-12(14(13)17(18)19)16-11-7-4-3-6-10(11)15/h5,8-11,16H,2-4,6-7,15H2,1H3/t10-,11-/m1/s1. The zero-order valence-corrected chi connectivity index (χ0v) is 11.7. The molecule has 1 fully saturated rings. The second kappa shape index (κ2) is 6.56. The minimum atomic E-state index is -0.401. The number of nitro benzene ring substituents is 1. The van der Waals surface area contributed by atoms with Crippen LogP contribution in [0.5, 0.6) is 5.75 Å². The molecule has 2 atom stereocenters. The summed E-state index contributed by atoms with van der Waals surface area (Å²) in [6.07, 6.45) is 4.12. The highest BCUT2D eigenvalue weighted by atomic mass is 16.6. The molecule has 0 aliphatic heterocycles. The van der Waals surface area contributed by atoms with Gasteiger partial charge in [0.2, 0.25) is 0 Å². The van der Waals surface area contributed by atoms with Crippen molar-refractivity contribution in [1.82, 2.24) is 0 Å². The van der Waals surface area contributed by atoms with Gasteiger partial charge in [-0.15, -0.1) is 0 Å². The van der Waals surface area contributed by atoms with E-state index in [2.05, 4.69) is 5.32 Å². The molecule has 6 nitrogen and oxygen atoms in total. The Morgan fingerprint density at radius 2 is 2.20 bits per heavy atom. The van der Waals surface area contributed by atoms with Crippen LogP contribution in [0, 0.1) is 10.1 Å². The Balaban J connectivity index is 2.26. The highest BCUT2D eigenvalue weighted by Gasteiger charge is 2.26. The zero-order chi connectivity index (χ0) is 14.5. The van der Waals surface area contributed by atoms with Crippen LogP contribution < -0.4 is 15.8 Å². The fourth-order valence-corrected chi connectivity index (χ4v) is 2.64. The van der Waals surface area contributed by atoms with Crippen molar-refractivity contribution in [2.24, 2.45) is 5.73 Å². The van der Waals surface area contributed by atoms with Crippen molar-refractivity contribution in [3.8, 4) is 5.75 Å². The maximum absolute atomic E-state index is 11.3. The third-order valence-corrected chi connectivity index (χ3v) is 3.64. The molecule has 0 radical (unpaired) electrons. The summed E-state index contributed by atoms with van der Waals surface area (Å²) in [5.74, 6) is 0.298. The molecule has 0 saturated heterocycles. The fraction of sp³-hybridized carbons (Fsp3) is 0.571. The maximum atomic E-state index is 11.3. The lowest BCUT2D eigenvalue weighted by atomic mass is 9.91. The lowest BCUT2D eigenvalue weighted by molar-refractivity contribution is -0.385. The Morgan fingerprint density at radius 3 is 2.85 bits per heavy atom. The van der Waals surface area contributed by atoms with Crippen molar-refractivity contribution in [1.29, 1.82) is 0 Å². The van der Waals surface area contributed by atoms with E-state index in [0.717, 1.165) is 25.7 Å². The minimum Gasteiger partial charge on any atom is -0.487 e. The fourth-order valence-electron chi connectivity index (χ4n) is 2.64. The molecule has 1 aromatic carbocycles. The molecule has 0 bridgehead atoms. The van der Waals surface area contributed by atoms with Crippen molar-refractivity contribution in [3.63, 3.8) is 0 Å². The Morgan fingerprint density at radius 1 is 1.45 bits per heavy atom. The molecule has 3 N–H and O–H groups in total. The molecule has 0 aromatic heterocycles. The largest absolute Gasteiger partial charge is 0.487 e. The molecule has 0 spiro atoms. The highest BCUT2D eigenvalue weighted by Crippen LogP contribution is 2.36. The first-order valence-corrected chi connectivity index (χ1v) is 7.05. The van der Waals surface area contributed by atoms with Crippen molar-refractivity contribution in [2.75, 3.05) is 11.9 Å². The van der Waals surface area contributed by atoms with Gasteiger partial charge in [0.25, 0.3) is 0 Å². The van der Waals surface area contributed by atoms with E-state index in [1.165, 1.54) is 0 Å². The average molecular weight is 279 g/mol. The van der Waals surface area contributed by atoms with E-state index in [-0.39, 0.29) is 17.8 Å². The summed E-state index contributed by atoms with van der Waals surface area (Å²) in [6, 6.07) is 5.21. The Labute approximate surface area is 118 Å². The molecule has 20 heavy (non-hydrogen) atoms. The lowest BCUT2D eigenvalue weighted by Gasteiger charge is -2.30. The van der Waals surface area contributed by atoms with Crippen LogP contribution in [0.1, 0.15) is 32.6 Å². The van der Waals surface area contributed by atoms with Crippen LogP contribution in [-0.4, -0.2) is 23.6 Å². The van der Waals surface area contributed by atoms with Gasteiger partial charge in [0.05, 0.1) is 11.5 Å². The number of benzene rings is 1. The third kappa shape index (κ3) is 3.19. The maximum Gasteiger partial charge on any atom is 0.333 e. The van der Waals surface area contributed by atoms with Gasteiger partial charge in [-0.2, -0.15) is 0 Å². The summed E-state index contributed by atoms with van der Waals surface area (Å²) in [6.45, 7) is 2.20. The molecule has 6 heteroatoms. The summed E-state index contributed by atoms with van der Waals surface area (Å²) in [5.41, 5.74) is 6.57. The average Bonchev–Trinajstić information content (AvgIpc) is 2.41. The summed E-state index contributed by atoms with van der Waals surface area (Å²) in [5, 5.41) is 14.5. The van der Waals surface area contributed by atoms with Crippen molar-refractivity contribution < 1.29 is 9.66 Å². The summed E-state index contributed by atoms with van der Waals surface area (Å²) >= 11 is 0. The number of hydrogen-bond donors (Lipinski definition) is 2. The number of rotatable bonds is 5. The molecule has 0 heterocycles. The Bertz CT molecular complexity index is 479. The molecule has 1 aromatic rings. The molecule has 1 aliphatic rings. The number of para-hydroxylation sites is 1. The van der Waals surface area contributed by atoms with Gasteiger partial charge in [0.1, 0.15) is 5.69 Å². The summed E-state index contributed by atoms with van der Waals surface area (Å²) < 4.78 is 5.34. The molecule has 0 amide bonds. The van der Waals surface area contributed by atoms with Crippen LogP contribution in [0.15, 0.2) is 18.2 Å². The van der Waals surface area contributed by atoms with E-state index < -0.39 is 4.92 Å². The number of ether oxygens (including phenoxy) is 1. The first-order valence-electron chi connectivity index (χ1n) is 7.05. The Hall–Kier alpha value is -1.82. The van der Waals surface area contributed by atoms with Crippen LogP contribution in [0.4, 0.5) is 11.4 Å². The van der Waals surface area contributed by atoms with Crippen LogP contribution in [-0.2, 0) is 0 Å². The lowest BCUT2D eigenvalue weighted by Crippen LogP contribution is -2.42. The van der Waals surface area contributed by atoms with Gasteiger partial charge in [-0.25, -0.2) is 0 Å². The van der Waals surface area contributed by atoms with E-state index in [1.54, 1.807) is 25.1 Å². The van der Waals surface area contributed by atoms with Crippen molar-refractivity contribution >= 4 is 11.4 Å². The van der Waals surface area contributed by atoms with Gasteiger partial charge in [0, 0.05) is 12.1 Å². The van der Waals surface area contributed by atoms with Gasteiger partial charge in [-0.1, -0.05) is 18.9 Å². The van der Waals surface area contributed by atoms with Gasteiger partial charge >= 0.3 is 5.69 Å². The van der Waals surface area contributed by atoms with E-state index in [9.17, 15) is 10.1 Å². The van der Waals surface area contributed by atoms with E-state index in [0.29, 0.717) is 18.0 Å². The second-order valence-corrected chi connectivity index (χ2v) is 5.04. The number of nitrogens with two attached hydrogens (primary N) is 1. The first kappa shape index (κ1) is 14.6. The van der Waals surface area contributed by atoms with Gasteiger partial charge in [-0.05, 0) is 31.9 Å². The number of anilines is 1. The van der Waals surface area contributed by atoms with Gasteiger partial charge < -0.3 is 15.8 Å². The van der Waals surface area contributed by atoms with E-state index in [4.69, 9.17) is 10.5 Å². The number of hydrogen-bond acceptors (Lipinski definition) is 5. The SMILES string of the molecule is CCOc1cccc(N[C@@H]2CCCC[C@H]2N)c1[N+](=O)[O-]. The molecular formula is C14H21N3O3. The smallest absolute Gasteiger partial charge is 0.333 e. The molecule has 2 rings (SSSR count). The topological polar surface area (TPSA) is 90.4 Å². The molecule has 0 unspecified atom stereocenters. The number of nitrogens with one attached hydrogen (secondary N) is 1. The number of nitro groups is 1. The monoisotopic (exact) mass is 279 g/mol. The van der Waals surface area contributed by atoms with Gasteiger partial charge in [0.15, 0.2) is 5.75 Å². The molecule has 1 aliphatic carbocycles. The zero-order valence-electron chi connectivity index (χ0n) is 11.7. The van der Waals surface area contributed by atoms with Crippen LogP contribution in [0.25, 0.3) is 0 Å². The number of nitrogens with zero attached hydrogens (tertiary/aromatic N) is 1. The summed E-state index contributed by atoms with van der Waals surface area (Å²) in [7, 11) is 0. The summed E-state index contributed by atoms with van der Waals surface area (Å²) in [4.78, 5) is 10.9. The van der Waals surface area contributed by atoms with E-state index >= 15 is 0 Å². The van der Waals surface area contributed by atoms with Crippen molar-refractivity contribution in [2.45, 2.75) is 44.7 Å². The normalized spacial score (nSPS) is 22.3. The second-order valence-electron chi connectivity index (χ2n) is 5.04. The van der Waals surface area contributed by atoms with E-state index in [1.807, 2.05) is 0 Å². The highest BCUT2D eigenvalue weighted by molar-refractivity contribution is 5.68. The predicted molar refractivity (Wildman–Crippen MR) is 78.1 cm³/mol. The van der Waals surface area contributed by atoms with Crippen LogP contribution in [0.2, 0.25) is 0 Å². The van der Waals surface area contributed by atoms with Crippen molar-refractivity contribution in [3.05, 3.63) is 28.3 Å². The van der Waals surface area contributed by atoms with Gasteiger partial charge in [-0.3, -0.25) is 10.1 Å². The Kier molecular flexibility index (Phi) is 4.79. The quantitative estimate of drug-likeness (QED) is 0.638. The predicted octanol–water partition coefficient (Wildman–Crippen LogP) is 2.68. The third-order valence-electron chi connectivity index (χ3n) is 3.64.